The SMILES string of the molecule is NC(CC(=O)N1CCSc2ccccc21)c1ccccc1. The van der Waals surface area contributed by atoms with Crippen molar-refractivity contribution in [3.8, 4) is 0 Å². The van der Waals surface area contributed by atoms with Gasteiger partial charge in [-0.25, -0.2) is 0 Å². The van der Waals surface area contributed by atoms with Crippen LogP contribution in [0.5, 0.6) is 0 Å². The Morgan fingerprint density at radius 2 is 1.86 bits per heavy atom. The van der Waals surface area contributed by atoms with Gasteiger partial charge in [0.15, 0.2) is 0 Å². The van der Waals surface area contributed by atoms with Crippen molar-refractivity contribution in [2.45, 2.75) is 17.4 Å². The number of hydrogen-bond acceptors (Lipinski definition) is 3. The minimum atomic E-state index is -0.250. The summed E-state index contributed by atoms with van der Waals surface area (Å²) in [5.74, 6) is 1.03. The monoisotopic (exact) mass is 298 g/mol. The van der Waals surface area contributed by atoms with Crippen LogP contribution in [-0.4, -0.2) is 18.2 Å². The Bertz CT molecular complexity index is 630. The molecule has 1 heterocycles. The van der Waals surface area contributed by atoms with Crippen molar-refractivity contribution in [1.29, 1.82) is 0 Å². The Morgan fingerprint density at radius 1 is 1.14 bits per heavy atom. The van der Waals surface area contributed by atoms with Crippen LogP contribution >= 0.6 is 11.8 Å². The Hall–Kier alpha value is -1.78. The number of carbonyl (C=O) groups excluding carboxylic acids is 1. The summed E-state index contributed by atoms with van der Waals surface area (Å²) < 4.78 is 0. The molecule has 2 aromatic carbocycles. The predicted molar refractivity (Wildman–Crippen MR) is 87.5 cm³/mol. The first-order valence-electron chi connectivity index (χ1n) is 7.08. The minimum Gasteiger partial charge on any atom is -0.324 e. The summed E-state index contributed by atoms with van der Waals surface area (Å²) in [6, 6.07) is 17.6. The summed E-state index contributed by atoms with van der Waals surface area (Å²) >= 11 is 1.80. The highest BCUT2D eigenvalue weighted by Crippen LogP contribution is 2.35. The van der Waals surface area contributed by atoms with Crippen molar-refractivity contribution in [1.82, 2.24) is 0 Å². The molecule has 3 rings (SSSR count). The number of thioether (sulfide) groups is 1. The third-order valence-corrected chi connectivity index (χ3v) is 4.69. The third kappa shape index (κ3) is 3.12. The molecule has 2 aromatic rings. The number of amides is 1. The van der Waals surface area contributed by atoms with E-state index in [1.165, 1.54) is 4.90 Å². The highest BCUT2D eigenvalue weighted by molar-refractivity contribution is 7.99. The average Bonchev–Trinajstić information content (AvgIpc) is 2.55. The molecule has 2 N–H and O–H groups in total. The summed E-state index contributed by atoms with van der Waals surface area (Å²) in [4.78, 5) is 15.6. The van der Waals surface area contributed by atoms with Crippen molar-refractivity contribution < 1.29 is 4.79 Å². The normalized spacial score (nSPS) is 15.4. The molecule has 21 heavy (non-hydrogen) atoms. The van der Waals surface area contributed by atoms with Crippen LogP contribution in [-0.2, 0) is 4.79 Å². The van der Waals surface area contributed by atoms with E-state index in [-0.39, 0.29) is 11.9 Å². The zero-order valence-corrected chi connectivity index (χ0v) is 12.6. The van der Waals surface area contributed by atoms with Crippen LogP contribution in [0.1, 0.15) is 18.0 Å². The topological polar surface area (TPSA) is 46.3 Å². The summed E-state index contributed by atoms with van der Waals surface area (Å²) in [5, 5.41) is 0. The molecule has 0 spiro atoms. The van der Waals surface area contributed by atoms with E-state index in [1.807, 2.05) is 53.4 Å². The average molecular weight is 298 g/mol. The molecule has 0 radical (unpaired) electrons. The van der Waals surface area contributed by atoms with Crippen molar-refractivity contribution >= 4 is 23.4 Å². The minimum absolute atomic E-state index is 0.0964. The maximum atomic E-state index is 12.6. The maximum Gasteiger partial charge on any atom is 0.228 e. The smallest absolute Gasteiger partial charge is 0.228 e. The van der Waals surface area contributed by atoms with Gasteiger partial charge in [0.05, 0.1) is 5.69 Å². The number of benzene rings is 2. The first kappa shape index (κ1) is 14.2. The van der Waals surface area contributed by atoms with Gasteiger partial charge in [-0.15, -0.1) is 11.8 Å². The molecule has 1 aliphatic heterocycles. The lowest BCUT2D eigenvalue weighted by atomic mass is 10.0. The van der Waals surface area contributed by atoms with E-state index < -0.39 is 0 Å². The molecular formula is C17H18N2OS. The lowest BCUT2D eigenvalue weighted by Crippen LogP contribution is -2.37. The first-order chi connectivity index (χ1) is 10.3. The molecule has 0 saturated carbocycles. The fourth-order valence-electron chi connectivity index (χ4n) is 2.54. The lowest BCUT2D eigenvalue weighted by Gasteiger charge is -2.29. The van der Waals surface area contributed by atoms with Gasteiger partial charge in [-0.1, -0.05) is 42.5 Å². The molecule has 1 aliphatic rings. The predicted octanol–water partition coefficient (Wildman–Crippen LogP) is 3.22. The second-order valence-corrected chi connectivity index (χ2v) is 6.22. The maximum absolute atomic E-state index is 12.6. The largest absolute Gasteiger partial charge is 0.324 e. The second kappa shape index (κ2) is 6.33. The number of anilines is 1. The molecule has 1 atom stereocenters. The van der Waals surface area contributed by atoms with Crippen LogP contribution in [0.25, 0.3) is 0 Å². The van der Waals surface area contributed by atoms with Gasteiger partial charge in [0, 0.05) is 29.7 Å². The summed E-state index contributed by atoms with van der Waals surface area (Å²) in [7, 11) is 0. The molecule has 108 valence electrons. The summed E-state index contributed by atoms with van der Waals surface area (Å²) in [6.07, 6.45) is 0.336. The van der Waals surface area contributed by atoms with Crippen molar-refractivity contribution in [2.75, 3.05) is 17.2 Å². The molecule has 3 nitrogen and oxygen atoms in total. The van der Waals surface area contributed by atoms with Crippen molar-refractivity contribution in [3.63, 3.8) is 0 Å². The van der Waals surface area contributed by atoms with E-state index in [0.29, 0.717) is 6.42 Å². The number of hydrogen-bond donors (Lipinski definition) is 1. The fourth-order valence-corrected chi connectivity index (χ4v) is 3.54. The quantitative estimate of drug-likeness (QED) is 0.946. The van der Waals surface area contributed by atoms with Gasteiger partial charge in [-0.2, -0.15) is 0 Å². The van der Waals surface area contributed by atoms with Crippen LogP contribution < -0.4 is 10.6 Å². The number of nitrogens with zero attached hydrogens (tertiary/aromatic N) is 1. The van der Waals surface area contributed by atoms with Gasteiger partial charge in [0.25, 0.3) is 0 Å². The molecule has 0 fully saturated rings. The van der Waals surface area contributed by atoms with Crippen LogP contribution in [0.2, 0.25) is 0 Å². The van der Waals surface area contributed by atoms with E-state index in [4.69, 9.17) is 5.73 Å². The van der Waals surface area contributed by atoms with Crippen LogP contribution in [0, 0.1) is 0 Å². The van der Waals surface area contributed by atoms with Gasteiger partial charge < -0.3 is 10.6 Å². The highest BCUT2D eigenvalue weighted by Gasteiger charge is 2.24. The molecule has 0 aromatic heterocycles. The molecule has 1 amide bonds. The van der Waals surface area contributed by atoms with Gasteiger partial charge in [0.1, 0.15) is 0 Å². The Labute approximate surface area is 129 Å². The van der Waals surface area contributed by atoms with E-state index in [0.717, 1.165) is 23.5 Å². The van der Waals surface area contributed by atoms with Gasteiger partial charge in [-0.3, -0.25) is 4.79 Å². The molecule has 0 bridgehead atoms. The zero-order valence-electron chi connectivity index (χ0n) is 11.7. The van der Waals surface area contributed by atoms with Crippen LogP contribution in [0.4, 0.5) is 5.69 Å². The number of carbonyl (C=O) groups is 1. The zero-order chi connectivity index (χ0) is 14.7. The van der Waals surface area contributed by atoms with Crippen molar-refractivity contribution in [2.24, 2.45) is 5.73 Å². The van der Waals surface area contributed by atoms with E-state index in [1.54, 1.807) is 11.8 Å². The van der Waals surface area contributed by atoms with E-state index in [9.17, 15) is 4.79 Å². The number of para-hydroxylation sites is 1. The van der Waals surface area contributed by atoms with Gasteiger partial charge >= 0.3 is 0 Å². The van der Waals surface area contributed by atoms with Gasteiger partial charge in [0.2, 0.25) is 5.91 Å². The second-order valence-electron chi connectivity index (χ2n) is 5.08. The van der Waals surface area contributed by atoms with Crippen LogP contribution in [0.3, 0.4) is 0 Å². The standard InChI is InChI=1S/C17H18N2OS/c18-14(13-6-2-1-3-7-13)12-17(20)19-10-11-21-16-9-5-4-8-15(16)19/h1-9,14H,10-12,18H2. The molecule has 4 heteroatoms. The Morgan fingerprint density at radius 3 is 2.67 bits per heavy atom. The van der Waals surface area contributed by atoms with E-state index >= 15 is 0 Å². The molecule has 0 aliphatic carbocycles. The van der Waals surface area contributed by atoms with Crippen LogP contribution in [0.15, 0.2) is 59.5 Å². The Balaban J connectivity index is 1.75. The number of rotatable bonds is 3. The lowest BCUT2D eigenvalue weighted by molar-refractivity contribution is -0.118. The molecular weight excluding hydrogens is 280 g/mol. The van der Waals surface area contributed by atoms with E-state index in [2.05, 4.69) is 6.07 Å². The highest BCUT2D eigenvalue weighted by atomic mass is 32.2. The van der Waals surface area contributed by atoms with Crippen molar-refractivity contribution in [3.05, 3.63) is 60.2 Å². The summed E-state index contributed by atoms with van der Waals surface area (Å²) in [5.41, 5.74) is 8.19. The first-order valence-corrected chi connectivity index (χ1v) is 8.07. The van der Waals surface area contributed by atoms with Gasteiger partial charge in [-0.05, 0) is 17.7 Å². The fraction of sp³-hybridized carbons (Fsp3) is 0.235. The molecule has 0 saturated heterocycles. The number of nitrogens with two attached hydrogens (primary N) is 1. The third-order valence-electron chi connectivity index (χ3n) is 3.65. The summed E-state index contributed by atoms with van der Waals surface area (Å²) in [6.45, 7) is 0.752. The Kier molecular flexibility index (Phi) is 4.27. The molecule has 1 unspecified atom stereocenters. The number of fused-ring (bicyclic) bond motifs is 1.